The summed E-state index contributed by atoms with van der Waals surface area (Å²) in [5, 5.41) is 0. The first-order chi connectivity index (χ1) is 15.4. The molecule has 0 aliphatic carbocycles. The first kappa shape index (κ1) is 24.8. The van der Waals surface area contributed by atoms with Gasteiger partial charge in [-0.05, 0) is 38.5 Å². The number of aromatic amines is 1. The Labute approximate surface area is 189 Å². The zero-order valence-corrected chi connectivity index (χ0v) is 19.1. The molecule has 0 atom stereocenters. The number of alkyl halides is 3. The monoisotopic (exact) mass is 487 g/mol. The van der Waals surface area contributed by atoms with Gasteiger partial charge in [0.15, 0.2) is 0 Å². The number of benzene rings is 1. The third-order valence-corrected chi connectivity index (χ3v) is 7.42. The highest BCUT2D eigenvalue weighted by Crippen LogP contribution is 2.35. The predicted octanol–water partition coefficient (Wildman–Crippen LogP) is 2.97. The number of H-pyrrole nitrogens is 1. The summed E-state index contributed by atoms with van der Waals surface area (Å²) in [6.45, 7) is 4.74. The molecule has 180 valence electrons. The molecule has 0 unspecified atom stereocenters. The molecule has 1 fully saturated rings. The lowest BCUT2D eigenvalue weighted by Crippen LogP contribution is -2.50. The van der Waals surface area contributed by atoms with E-state index in [1.54, 1.807) is 20.8 Å². The fourth-order valence-corrected chi connectivity index (χ4v) is 5.46. The van der Waals surface area contributed by atoms with Gasteiger partial charge < -0.3 is 14.6 Å². The van der Waals surface area contributed by atoms with Crippen LogP contribution in [0.4, 0.5) is 13.2 Å². The van der Waals surface area contributed by atoms with Crippen LogP contribution in [0, 0.1) is 13.8 Å². The molecule has 1 aromatic heterocycles. The minimum absolute atomic E-state index is 0.0154. The SMILES string of the molecule is CCOC(=O)c1c(C)[nH]c(C(=O)N2CCN(S(=O)(=O)c3ccccc3C(F)(F)F)CC2)c1C. The third-order valence-electron chi connectivity index (χ3n) is 5.47. The topological polar surface area (TPSA) is 99.8 Å². The smallest absolute Gasteiger partial charge is 0.417 e. The van der Waals surface area contributed by atoms with Gasteiger partial charge in [0.05, 0.1) is 22.6 Å². The van der Waals surface area contributed by atoms with Gasteiger partial charge in [0, 0.05) is 31.9 Å². The van der Waals surface area contributed by atoms with Gasteiger partial charge in [-0.1, -0.05) is 12.1 Å². The summed E-state index contributed by atoms with van der Waals surface area (Å²) in [5.74, 6) is -0.985. The predicted molar refractivity (Wildman–Crippen MR) is 112 cm³/mol. The van der Waals surface area contributed by atoms with Gasteiger partial charge in [0.1, 0.15) is 5.69 Å². The number of halogens is 3. The molecule has 1 amide bonds. The normalized spacial score (nSPS) is 15.5. The van der Waals surface area contributed by atoms with Crippen LogP contribution < -0.4 is 0 Å². The summed E-state index contributed by atoms with van der Waals surface area (Å²) in [6, 6.07) is 4.02. The Morgan fingerprint density at radius 3 is 2.27 bits per heavy atom. The van der Waals surface area contributed by atoms with Crippen molar-refractivity contribution in [3.05, 3.63) is 52.3 Å². The Balaban J connectivity index is 1.78. The maximum Gasteiger partial charge on any atom is 0.417 e. The third kappa shape index (κ3) is 4.76. The van der Waals surface area contributed by atoms with Gasteiger partial charge in [-0.2, -0.15) is 17.5 Å². The van der Waals surface area contributed by atoms with E-state index in [1.807, 2.05) is 0 Å². The highest BCUT2D eigenvalue weighted by Gasteiger charge is 2.40. The number of carbonyl (C=O) groups excluding carboxylic acids is 2. The number of aromatic nitrogens is 1. The van der Waals surface area contributed by atoms with Crippen molar-refractivity contribution in [1.29, 1.82) is 0 Å². The average Bonchev–Trinajstić information content (AvgIpc) is 3.06. The molecule has 12 heteroatoms. The second-order valence-electron chi connectivity index (χ2n) is 7.54. The summed E-state index contributed by atoms with van der Waals surface area (Å²) in [6.07, 6.45) is -4.82. The molecule has 2 heterocycles. The number of piperazine rings is 1. The molecule has 0 radical (unpaired) electrons. The average molecular weight is 488 g/mol. The van der Waals surface area contributed by atoms with Crippen LogP contribution in [0.15, 0.2) is 29.2 Å². The first-order valence-corrected chi connectivity index (χ1v) is 11.7. The number of hydrogen-bond donors (Lipinski definition) is 1. The van der Waals surface area contributed by atoms with E-state index < -0.39 is 38.5 Å². The second kappa shape index (κ2) is 9.18. The zero-order chi connectivity index (χ0) is 24.6. The van der Waals surface area contributed by atoms with Crippen LogP contribution in [-0.2, 0) is 20.9 Å². The lowest BCUT2D eigenvalue weighted by molar-refractivity contribution is -0.139. The number of nitrogens with zero attached hydrogens (tertiary/aromatic N) is 2. The number of hydrogen-bond acceptors (Lipinski definition) is 5. The summed E-state index contributed by atoms with van der Waals surface area (Å²) >= 11 is 0. The van der Waals surface area contributed by atoms with E-state index in [0.29, 0.717) is 11.3 Å². The van der Waals surface area contributed by atoms with Crippen molar-refractivity contribution in [3.8, 4) is 0 Å². The molecule has 0 saturated carbocycles. The minimum Gasteiger partial charge on any atom is -0.462 e. The number of rotatable bonds is 5. The molecule has 0 spiro atoms. The van der Waals surface area contributed by atoms with Crippen LogP contribution in [0.2, 0.25) is 0 Å². The van der Waals surface area contributed by atoms with Crippen LogP contribution in [0.1, 0.15) is 44.6 Å². The molecule has 3 rings (SSSR count). The van der Waals surface area contributed by atoms with Crippen molar-refractivity contribution in [2.24, 2.45) is 0 Å². The van der Waals surface area contributed by atoms with Crippen LogP contribution in [0.25, 0.3) is 0 Å². The van der Waals surface area contributed by atoms with Crippen LogP contribution in [0.5, 0.6) is 0 Å². The van der Waals surface area contributed by atoms with E-state index in [0.717, 1.165) is 22.5 Å². The van der Waals surface area contributed by atoms with Gasteiger partial charge in [-0.25, -0.2) is 13.2 Å². The molecular formula is C21H24F3N3O5S. The quantitative estimate of drug-likeness (QED) is 0.654. The van der Waals surface area contributed by atoms with Crippen molar-refractivity contribution in [2.75, 3.05) is 32.8 Å². The number of nitrogens with one attached hydrogen (secondary N) is 1. The Morgan fingerprint density at radius 1 is 1.09 bits per heavy atom. The number of aryl methyl sites for hydroxylation is 1. The van der Waals surface area contributed by atoms with Crippen LogP contribution in [0.3, 0.4) is 0 Å². The molecule has 0 bridgehead atoms. The van der Waals surface area contributed by atoms with Crippen LogP contribution in [-0.4, -0.2) is 67.3 Å². The van der Waals surface area contributed by atoms with E-state index in [1.165, 1.54) is 11.0 Å². The van der Waals surface area contributed by atoms with E-state index in [4.69, 9.17) is 4.74 Å². The largest absolute Gasteiger partial charge is 0.462 e. The summed E-state index contributed by atoms with van der Waals surface area (Å²) in [4.78, 5) is 28.6. The van der Waals surface area contributed by atoms with E-state index in [-0.39, 0.29) is 44.0 Å². The van der Waals surface area contributed by atoms with Crippen molar-refractivity contribution >= 4 is 21.9 Å². The van der Waals surface area contributed by atoms with E-state index >= 15 is 0 Å². The number of amides is 1. The zero-order valence-electron chi connectivity index (χ0n) is 18.3. The molecule has 2 aromatic rings. The summed E-state index contributed by atoms with van der Waals surface area (Å²) in [5.41, 5.74) is 0.122. The number of sulfonamides is 1. The maximum atomic E-state index is 13.3. The highest BCUT2D eigenvalue weighted by atomic mass is 32.2. The number of carbonyl (C=O) groups is 2. The molecule has 1 aliphatic rings. The minimum atomic E-state index is -4.82. The van der Waals surface area contributed by atoms with Gasteiger partial charge in [-0.3, -0.25) is 4.79 Å². The lowest BCUT2D eigenvalue weighted by atomic mass is 10.1. The Kier molecular flexibility index (Phi) is 6.89. The second-order valence-corrected chi connectivity index (χ2v) is 9.44. The van der Waals surface area contributed by atoms with Crippen molar-refractivity contribution in [1.82, 2.24) is 14.2 Å². The number of ether oxygens (including phenoxy) is 1. The Bertz CT molecular complexity index is 1170. The Morgan fingerprint density at radius 2 is 1.70 bits per heavy atom. The molecule has 8 nitrogen and oxygen atoms in total. The van der Waals surface area contributed by atoms with Gasteiger partial charge in [0.2, 0.25) is 10.0 Å². The van der Waals surface area contributed by atoms with E-state index in [2.05, 4.69) is 4.98 Å². The highest BCUT2D eigenvalue weighted by molar-refractivity contribution is 7.89. The molecule has 1 aliphatic heterocycles. The van der Waals surface area contributed by atoms with Gasteiger partial charge in [0.25, 0.3) is 5.91 Å². The first-order valence-electron chi connectivity index (χ1n) is 10.2. The van der Waals surface area contributed by atoms with Crippen LogP contribution >= 0.6 is 0 Å². The molecular weight excluding hydrogens is 463 g/mol. The molecule has 1 N–H and O–H groups in total. The summed E-state index contributed by atoms with van der Waals surface area (Å²) < 4.78 is 71.7. The van der Waals surface area contributed by atoms with Crippen molar-refractivity contribution in [3.63, 3.8) is 0 Å². The molecule has 1 aromatic carbocycles. The lowest BCUT2D eigenvalue weighted by Gasteiger charge is -2.34. The van der Waals surface area contributed by atoms with E-state index in [9.17, 15) is 31.2 Å². The van der Waals surface area contributed by atoms with Crippen molar-refractivity contribution in [2.45, 2.75) is 31.8 Å². The van der Waals surface area contributed by atoms with Gasteiger partial charge >= 0.3 is 12.1 Å². The molecule has 1 saturated heterocycles. The fraction of sp³-hybridized carbons (Fsp3) is 0.429. The maximum absolute atomic E-state index is 13.3. The van der Waals surface area contributed by atoms with Gasteiger partial charge in [-0.15, -0.1) is 0 Å². The Hall–Kier alpha value is -2.86. The van der Waals surface area contributed by atoms with Crippen molar-refractivity contribution < 1.29 is 35.9 Å². The number of esters is 1. The standard InChI is InChI=1S/C21H24F3N3O5S/c1-4-32-20(29)17-13(2)18(25-14(17)3)19(28)26-9-11-27(12-10-26)33(30,31)16-8-6-5-7-15(16)21(22,23)24/h5-8,25H,4,9-12H2,1-3H3. The fourth-order valence-electron chi connectivity index (χ4n) is 3.83. The molecule has 33 heavy (non-hydrogen) atoms. The summed E-state index contributed by atoms with van der Waals surface area (Å²) in [7, 11) is -4.41.